The van der Waals surface area contributed by atoms with Gasteiger partial charge in [-0.2, -0.15) is 4.98 Å². The third-order valence-electron chi connectivity index (χ3n) is 1.66. The van der Waals surface area contributed by atoms with Crippen LogP contribution in [0, 0.1) is 0 Å². The van der Waals surface area contributed by atoms with Crippen molar-refractivity contribution in [2.75, 3.05) is 17.9 Å². The van der Waals surface area contributed by atoms with E-state index in [2.05, 4.69) is 22.3 Å². The number of ether oxygens (including phenoxy) is 1. The van der Waals surface area contributed by atoms with Gasteiger partial charge in [-0.15, -0.1) is 0 Å². The minimum Gasteiger partial charge on any atom is -0.481 e. The van der Waals surface area contributed by atoms with E-state index in [-0.39, 0.29) is 5.91 Å². The van der Waals surface area contributed by atoms with E-state index in [1.807, 2.05) is 0 Å². The largest absolute Gasteiger partial charge is 0.481 e. The van der Waals surface area contributed by atoms with E-state index in [4.69, 9.17) is 10.6 Å². The van der Waals surface area contributed by atoms with Gasteiger partial charge < -0.3 is 15.5 Å². The number of amides is 1. The fraction of sp³-hybridized carbons (Fsp3) is 0.111. The molecular formula is C9H12N4O2. The molecule has 0 bridgehead atoms. The number of nitrogen functional groups attached to an aromatic ring is 1. The van der Waals surface area contributed by atoms with Gasteiger partial charge in [0.25, 0.3) is 0 Å². The maximum absolute atomic E-state index is 11.1. The molecule has 80 valence electrons. The minimum atomic E-state index is -0.368. The topological polar surface area (TPSA) is 89.3 Å². The first-order chi connectivity index (χ1) is 7.21. The Labute approximate surface area is 87.1 Å². The summed E-state index contributed by atoms with van der Waals surface area (Å²) in [4.78, 5) is 15.1. The van der Waals surface area contributed by atoms with Crippen LogP contribution in [0.2, 0.25) is 0 Å². The predicted octanol–water partition coefficient (Wildman–Crippen LogP) is 0.500. The quantitative estimate of drug-likeness (QED) is 0.381. The van der Waals surface area contributed by atoms with Crippen molar-refractivity contribution in [3.05, 3.63) is 24.8 Å². The summed E-state index contributed by atoms with van der Waals surface area (Å²) in [6.45, 7) is 3.33. The SMILES string of the molecule is C=CC(=O)Nc1nc(OC)ccc1NN. The Morgan fingerprint density at radius 3 is 2.93 bits per heavy atom. The van der Waals surface area contributed by atoms with Crippen LogP contribution in [0.3, 0.4) is 0 Å². The third-order valence-corrected chi connectivity index (χ3v) is 1.66. The molecule has 6 heteroatoms. The fourth-order valence-electron chi connectivity index (χ4n) is 0.934. The Balaban J connectivity index is 3.00. The van der Waals surface area contributed by atoms with Crippen molar-refractivity contribution >= 4 is 17.4 Å². The van der Waals surface area contributed by atoms with Gasteiger partial charge in [-0.25, -0.2) is 0 Å². The summed E-state index contributed by atoms with van der Waals surface area (Å²) >= 11 is 0. The second kappa shape index (κ2) is 4.97. The summed E-state index contributed by atoms with van der Waals surface area (Å²) in [6, 6.07) is 3.27. The van der Waals surface area contributed by atoms with Crippen LogP contribution in [-0.4, -0.2) is 18.0 Å². The van der Waals surface area contributed by atoms with Crippen molar-refractivity contribution in [1.29, 1.82) is 0 Å². The molecule has 4 N–H and O–H groups in total. The number of methoxy groups -OCH3 is 1. The first-order valence-corrected chi connectivity index (χ1v) is 4.16. The van der Waals surface area contributed by atoms with Gasteiger partial charge in [0.15, 0.2) is 5.82 Å². The second-order valence-electron chi connectivity index (χ2n) is 2.59. The standard InChI is InChI=1S/C9H12N4O2/c1-3-7(14)11-9-6(13-10)4-5-8(12-9)15-2/h3-5,13H,1,10H2,2H3,(H,11,12,14). The van der Waals surface area contributed by atoms with Crippen LogP contribution in [0.4, 0.5) is 11.5 Å². The van der Waals surface area contributed by atoms with E-state index in [1.54, 1.807) is 12.1 Å². The number of nitrogens with one attached hydrogen (secondary N) is 2. The number of aromatic nitrogens is 1. The van der Waals surface area contributed by atoms with Gasteiger partial charge in [0.2, 0.25) is 11.8 Å². The molecule has 15 heavy (non-hydrogen) atoms. The Hall–Kier alpha value is -2.08. The molecule has 0 saturated carbocycles. The smallest absolute Gasteiger partial charge is 0.248 e. The van der Waals surface area contributed by atoms with Crippen LogP contribution < -0.4 is 21.3 Å². The Morgan fingerprint density at radius 2 is 2.40 bits per heavy atom. The van der Waals surface area contributed by atoms with E-state index in [0.29, 0.717) is 17.4 Å². The molecule has 1 aromatic rings. The number of carbonyl (C=O) groups excluding carboxylic acids is 1. The molecule has 0 aliphatic rings. The lowest BCUT2D eigenvalue weighted by atomic mass is 10.3. The van der Waals surface area contributed by atoms with Crippen LogP contribution in [0.15, 0.2) is 24.8 Å². The molecule has 0 aliphatic carbocycles. The Kier molecular flexibility index (Phi) is 3.64. The van der Waals surface area contributed by atoms with Gasteiger partial charge >= 0.3 is 0 Å². The average molecular weight is 208 g/mol. The maximum atomic E-state index is 11.1. The summed E-state index contributed by atoms with van der Waals surface area (Å²) in [7, 11) is 1.48. The summed E-state index contributed by atoms with van der Waals surface area (Å²) in [5, 5.41) is 2.50. The minimum absolute atomic E-state index is 0.293. The highest BCUT2D eigenvalue weighted by atomic mass is 16.5. The predicted molar refractivity (Wildman–Crippen MR) is 57.4 cm³/mol. The lowest BCUT2D eigenvalue weighted by Gasteiger charge is -2.09. The molecular weight excluding hydrogens is 196 g/mol. The summed E-state index contributed by atoms with van der Waals surface area (Å²) in [5.41, 5.74) is 2.90. The molecule has 0 unspecified atom stereocenters. The molecule has 0 aliphatic heterocycles. The summed E-state index contributed by atoms with van der Waals surface area (Å²) in [5.74, 6) is 5.56. The van der Waals surface area contributed by atoms with E-state index in [9.17, 15) is 4.79 Å². The van der Waals surface area contributed by atoms with Gasteiger partial charge in [-0.05, 0) is 12.1 Å². The molecule has 1 heterocycles. The van der Waals surface area contributed by atoms with Crippen molar-refractivity contribution < 1.29 is 9.53 Å². The molecule has 0 fully saturated rings. The molecule has 0 spiro atoms. The first kappa shape index (κ1) is 11.0. The maximum Gasteiger partial charge on any atom is 0.248 e. The number of hydrogen-bond acceptors (Lipinski definition) is 5. The van der Waals surface area contributed by atoms with E-state index >= 15 is 0 Å². The molecule has 1 aromatic heterocycles. The summed E-state index contributed by atoms with van der Waals surface area (Å²) < 4.78 is 4.91. The fourth-order valence-corrected chi connectivity index (χ4v) is 0.934. The van der Waals surface area contributed by atoms with Crippen molar-refractivity contribution in [2.24, 2.45) is 5.84 Å². The highest BCUT2D eigenvalue weighted by Crippen LogP contribution is 2.21. The third kappa shape index (κ3) is 2.68. The molecule has 6 nitrogen and oxygen atoms in total. The Bertz CT molecular complexity index is 378. The number of anilines is 2. The van der Waals surface area contributed by atoms with Gasteiger partial charge in [0, 0.05) is 6.07 Å². The van der Waals surface area contributed by atoms with Crippen LogP contribution in [0.1, 0.15) is 0 Å². The average Bonchev–Trinajstić information content (AvgIpc) is 2.28. The second-order valence-corrected chi connectivity index (χ2v) is 2.59. The molecule has 0 aromatic carbocycles. The normalized spacial score (nSPS) is 9.20. The zero-order valence-electron chi connectivity index (χ0n) is 8.28. The molecule has 1 rings (SSSR count). The van der Waals surface area contributed by atoms with Gasteiger partial charge in [0.05, 0.1) is 12.8 Å². The molecule has 0 radical (unpaired) electrons. The number of hydrogen-bond donors (Lipinski definition) is 3. The highest BCUT2D eigenvalue weighted by molar-refractivity contribution is 6.00. The highest BCUT2D eigenvalue weighted by Gasteiger charge is 2.06. The first-order valence-electron chi connectivity index (χ1n) is 4.16. The van der Waals surface area contributed by atoms with Crippen molar-refractivity contribution in [3.63, 3.8) is 0 Å². The monoisotopic (exact) mass is 208 g/mol. The van der Waals surface area contributed by atoms with Crippen LogP contribution in [-0.2, 0) is 4.79 Å². The zero-order chi connectivity index (χ0) is 11.3. The lowest BCUT2D eigenvalue weighted by Crippen LogP contribution is -2.15. The van der Waals surface area contributed by atoms with Gasteiger partial charge in [-0.1, -0.05) is 6.58 Å². The Morgan fingerprint density at radius 1 is 1.67 bits per heavy atom. The number of carbonyl (C=O) groups is 1. The van der Waals surface area contributed by atoms with Crippen LogP contribution in [0.5, 0.6) is 5.88 Å². The van der Waals surface area contributed by atoms with E-state index < -0.39 is 0 Å². The van der Waals surface area contributed by atoms with Crippen LogP contribution in [0.25, 0.3) is 0 Å². The van der Waals surface area contributed by atoms with Crippen molar-refractivity contribution in [1.82, 2.24) is 4.98 Å². The zero-order valence-corrected chi connectivity index (χ0v) is 8.28. The van der Waals surface area contributed by atoms with Gasteiger partial charge in [0.1, 0.15) is 0 Å². The molecule has 0 atom stereocenters. The van der Waals surface area contributed by atoms with E-state index in [0.717, 1.165) is 6.08 Å². The molecule has 0 saturated heterocycles. The number of hydrazine groups is 1. The van der Waals surface area contributed by atoms with Crippen molar-refractivity contribution in [3.8, 4) is 5.88 Å². The van der Waals surface area contributed by atoms with Crippen molar-refractivity contribution in [2.45, 2.75) is 0 Å². The number of rotatable bonds is 4. The summed E-state index contributed by atoms with van der Waals surface area (Å²) in [6.07, 6.45) is 1.14. The molecule has 1 amide bonds. The number of nitrogens with zero attached hydrogens (tertiary/aromatic N) is 1. The number of nitrogens with two attached hydrogens (primary N) is 1. The van der Waals surface area contributed by atoms with E-state index in [1.165, 1.54) is 7.11 Å². The lowest BCUT2D eigenvalue weighted by molar-refractivity contribution is -0.111. The van der Waals surface area contributed by atoms with Gasteiger partial charge in [-0.3, -0.25) is 10.6 Å². The number of pyridine rings is 1. The van der Waals surface area contributed by atoms with Crippen LogP contribution >= 0.6 is 0 Å².